The van der Waals surface area contributed by atoms with Crippen LogP contribution in [-0.2, 0) is 4.74 Å². The van der Waals surface area contributed by atoms with Gasteiger partial charge in [0.1, 0.15) is 22.7 Å². The van der Waals surface area contributed by atoms with Crippen LogP contribution < -0.4 is 10.6 Å². The number of amidine groups is 1. The van der Waals surface area contributed by atoms with E-state index in [0.717, 1.165) is 6.54 Å². The topological polar surface area (TPSA) is 78.2 Å². The molecule has 2 aliphatic heterocycles. The highest BCUT2D eigenvalue weighted by atomic mass is 35.5. The Morgan fingerprint density at radius 2 is 2.44 bits per heavy atom. The molecule has 16 heavy (non-hydrogen) atoms. The molecular formula is C9H13ClN4O2. The van der Waals surface area contributed by atoms with Crippen molar-refractivity contribution in [1.82, 2.24) is 10.6 Å². The van der Waals surface area contributed by atoms with Gasteiger partial charge in [-0.15, -0.1) is 0 Å². The predicted molar refractivity (Wildman–Crippen MR) is 61.6 cm³/mol. The van der Waals surface area contributed by atoms with Crippen LogP contribution >= 0.6 is 11.6 Å². The number of aliphatic hydroxyl groups is 1. The van der Waals surface area contributed by atoms with Gasteiger partial charge in [-0.1, -0.05) is 11.6 Å². The molecule has 2 rings (SSSR count). The van der Waals surface area contributed by atoms with Gasteiger partial charge in [0.2, 0.25) is 5.90 Å². The summed E-state index contributed by atoms with van der Waals surface area (Å²) >= 11 is 6.09. The van der Waals surface area contributed by atoms with Gasteiger partial charge < -0.3 is 20.5 Å². The lowest BCUT2D eigenvalue weighted by Crippen LogP contribution is -2.39. The normalized spacial score (nSPS) is 24.6. The highest BCUT2D eigenvalue weighted by Gasteiger charge is 2.27. The monoisotopic (exact) mass is 244 g/mol. The lowest BCUT2D eigenvalue weighted by molar-refractivity contribution is 0.250. The third kappa shape index (κ3) is 1.98. The van der Waals surface area contributed by atoms with Gasteiger partial charge in [-0.3, -0.25) is 4.99 Å². The van der Waals surface area contributed by atoms with Crippen molar-refractivity contribution in [3.05, 3.63) is 10.7 Å². The number of nitrogens with zero attached hydrogens (tertiary/aromatic N) is 2. The first-order valence-corrected chi connectivity index (χ1v) is 5.32. The molecule has 0 aromatic carbocycles. The number of aliphatic imine (C=N–C) groups is 2. The Bertz CT molecular complexity index is 378. The molecule has 0 amide bonds. The summed E-state index contributed by atoms with van der Waals surface area (Å²) in [5.74, 6) is 1.06. The smallest absolute Gasteiger partial charge is 0.224 e. The first kappa shape index (κ1) is 11.2. The van der Waals surface area contributed by atoms with Crippen LogP contribution in [-0.4, -0.2) is 49.8 Å². The fourth-order valence-electron chi connectivity index (χ4n) is 1.56. The number of nitrogens with one attached hydrogen (secondary N) is 2. The summed E-state index contributed by atoms with van der Waals surface area (Å²) < 4.78 is 5.15. The molecular weight excluding hydrogens is 232 g/mol. The number of hydrogen-bond donors (Lipinski definition) is 3. The summed E-state index contributed by atoms with van der Waals surface area (Å²) in [6.45, 7) is 1.35. The summed E-state index contributed by atoms with van der Waals surface area (Å²) in [6, 6.07) is 0. The Balaban J connectivity index is 2.31. The molecule has 0 radical (unpaired) electrons. The van der Waals surface area contributed by atoms with E-state index in [1.54, 1.807) is 0 Å². The van der Waals surface area contributed by atoms with Crippen molar-refractivity contribution in [2.24, 2.45) is 9.98 Å². The van der Waals surface area contributed by atoms with Crippen LogP contribution in [0.3, 0.4) is 0 Å². The Morgan fingerprint density at radius 3 is 3.00 bits per heavy atom. The molecule has 0 saturated carbocycles. The average molecular weight is 245 g/mol. The van der Waals surface area contributed by atoms with E-state index < -0.39 is 6.17 Å². The van der Waals surface area contributed by atoms with Crippen LogP contribution in [0.25, 0.3) is 0 Å². The minimum atomic E-state index is -0.465. The highest BCUT2D eigenvalue weighted by Crippen LogP contribution is 2.18. The van der Waals surface area contributed by atoms with Crippen molar-refractivity contribution < 1.29 is 9.84 Å². The summed E-state index contributed by atoms with van der Waals surface area (Å²) in [7, 11) is 1.51. The van der Waals surface area contributed by atoms with Gasteiger partial charge in [-0.25, -0.2) is 4.99 Å². The molecule has 6 nitrogen and oxygen atoms in total. The molecule has 0 fully saturated rings. The van der Waals surface area contributed by atoms with E-state index in [1.165, 1.54) is 7.11 Å². The Hall–Kier alpha value is -1.27. The third-order valence-electron chi connectivity index (χ3n) is 2.28. The highest BCUT2D eigenvalue weighted by molar-refractivity contribution is 6.37. The molecule has 0 aromatic heterocycles. The first-order chi connectivity index (χ1) is 7.76. The number of halogens is 1. The first-order valence-electron chi connectivity index (χ1n) is 4.94. The minimum absolute atomic E-state index is 0.143. The van der Waals surface area contributed by atoms with E-state index in [0.29, 0.717) is 29.0 Å². The lowest BCUT2D eigenvalue weighted by atomic mass is 10.2. The number of hydrogen-bond acceptors (Lipinski definition) is 6. The second-order valence-corrected chi connectivity index (χ2v) is 3.71. The Morgan fingerprint density at radius 1 is 1.62 bits per heavy atom. The van der Waals surface area contributed by atoms with Gasteiger partial charge in [-0.05, 0) is 0 Å². The Kier molecular flexibility index (Phi) is 3.31. The summed E-state index contributed by atoms with van der Waals surface area (Å²) in [4.78, 5) is 8.42. The predicted octanol–water partition coefficient (Wildman–Crippen LogP) is -0.595. The van der Waals surface area contributed by atoms with Gasteiger partial charge in [0, 0.05) is 6.54 Å². The van der Waals surface area contributed by atoms with E-state index in [9.17, 15) is 0 Å². The summed E-state index contributed by atoms with van der Waals surface area (Å²) in [5, 5.41) is 15.4. The van der Waals surface area contributed by atoms with Crippen molar-refractivity contribution in [3.8, 4) is 0 Å². The van der Waals surface area contributed by atoms with Gasteiger partial charge in [0.05, 0.1) is 20.3 Å². The zero-order valence-electron chi connectivity index (χ0n) is 8.83. The van der Waals surface area contributed by atoms with Crippen molar-refractivity contribution in [2.45, 2.75) is 6.17 Å². The fourth-order valence-corrected chi connectivity index (χ4v) is 1.86. The quantitative estimate of drug-likeness (QED) is 0.567. The SMILES string of the molecule is COC1=NC(CO)NC(Cl)=C1C1=NCCN1. The molecule has 3 N–H and O–H groups in total. The van der Waals surface area contributed by atoms with Gasteiger partial charge in [-0.2, -0.15) is 0 Å². The summed E-state index contributed by atoms with van der Waals surface area (Å²) in [6.07, 6.45) is -0.465. The minimum Gasteiger partial charge on any atom is -0.481 e. The molecule has 2 heterocycles. The molecule has 2 aliphatic rings. The fraction of sp³-hybridized carbons (Fsp3) is 0.556. The van der Waals surface area contributed by atoms with Crippen molar-refractivity contribution >= 4 is 23.3 Å². The zero-order chi connectivity index (χ0) is 11.5. The molecule has 0 saturated heterocycles. The molecule has 0 spiro atoms. The molecule has 0 bridgehead atoms. The molecule has 88 valence electrons. The largest absolute Gasteiger partial charge is 0.481 e. The van der Waals surface area contributed by atoms with E-state index in [2.05, 4.69) is 20.6 Å². The van der Waals surface area contributed by atoms with Crippen LogP contribution in [0.4, 0.5) is 0 Å². The van der Waals surface area contributed by atoms with Crippen LogP contribution in [0.15, 0.2) is 20.7 Å². The summed E-state index contributed by atoms with van der Waals surface area (Å²) in [5.41, 5.74) is 0.617. The number of ether oxygens (including phenoxy) is 1. The standard InChI is InChI=1S/C9H13ClN4O2/c1-16-9-6(8-11-2-3-12-8)7(10)13-5(4-15)14-9/h5,13,15H,2-4H2,1H3,(H,11,12). The van der Waals surface area contributed by atoms with Crippen LogP contribution in [0.5, 0.6) is 0 Å². The van der Waals surface area contributed by atoms with E-state index in [-0.39, 0.29) is 6.61 Å². The zero-order valence-corrected chi connectivity index (χ0v) is 9.58. The number of methoxy groups -OCH3 is 1. The van der Waals surface area contributed by atoms with Gasteiger partial charge >= 0.3 is 0 Å². The van der Waals surface area contributed by atoms with E-state index in [4.69, 9.17) is 21.4 Å². The van der Waals surface area contributed by atoms with Crippen LogP contribution in [0.2, 0.25) is 0 Å². The third-order valence-corrected chi connectivity index (χ3v) is 2.58. The second-order valence-electron chi connectivity index (χ2n) is 3.33. The maximum absolute atomic E-state index is 9.02. The lowest BCUT2D eigenvalue weighted by Gasteiger charge is -2.23. The molecule has 0 aliphatic carbocycles. The van der Waals surface area contributed by atoms with Crippen molar-refractivity contribution in [1.29, 1.82) is 0 Å². The van der Waals surface area contributed by atoms with E-state index >= 15 is 0 Å². The van der Waals surface area contributed by atoms with Crippen LogP contribution in [0.1, 0.15) is 0 Å². The second kappa shape index (κ2) is 4.71. The average Bonchev–Trinajstić information content (AvgIpc) is 2.81. The maximum Gasteiger partial charge on any atom is 0.224 e. The number of aliphatic hydroxyl groups excluding tert-OH is 1. The molecule has 1 unspecified atom stereocenters. The molecule has 0 aromatic rings. The van der Waals surface area contributed by atoms with E-state index in [1.807, 2.05) is 0 Å². The van der Waals surface area contributed by atoms with Crippen molar-refractivity contribution in [3.63, 3.8) is 0 Å². The number of rotatable bonds is 2. The van der Waals surface area contributed by atoms with Crippen LogP contribution in [0, 0.1) is 0 Å². The maximum atomic E-state index is 9.02. The van der Waals surface area contributed by atoms with Gasteiger partial charge in [0.25, 0.3) is 0 Å². The Labute approximate surface area is 98.1 Å². The van der Waals surface area contributed by atoms with Crippen molar-refractivity contribution in [2.75, 3.05) is 26.8 Å². The van der Waals surface area contributed by atoms with Gasteiger partial charge in [0.15, 0.2) is 0 Å². The molecule has 7 heteroatoms. The molecule has 1 atom stereocenters.